The molecule has 0 fully saturated rings. The number of ether oxygens (including phenoxy) is 3. The highest BCUT2D eigenvalue weighted by Gasteiger charge is 2.08. The minimum absolute atomic E-state index is 0.0754. The molecule has 0 bridgehead atoms. The maximum Gasteiger partial charge on any atom is 0.185 e. The van der Waals surface area contributed by atoms with Crippen molar-refractivity contribution in [2.45, 2.75) is 13.8 Å². The fourth-order valence-electron chi connectivity index (χ4n) is 2.36. The number of allylic oxidation sites excluding steroid dienone is 1. The number of aryl methyl sites for hydroxylation is 1. The van der Waals surface area contributed by atoms with Crippen LogP contribution in [0.5, 0.6) is 17.2 Å². The fourth-order valence-corrected chi connectivity index (χ4v) is 2.36. The summed E-state index contributed by atoms with van der Waals surface area (Å²) in [6.07, 6.45) is 3.30. The SMILES string of the molecule is CCOc1ccc(C(=O)C=Cc2cc(C)c(OC)cc2OC)cc1. The Bertz CT molecular complexity index is 730. The number of hydrogen-bond acceptors (Lipinski definition) is 4. The Morgan fingerprint density at radius 2 is 1.71 bits per heavy atom. The molecule has 0 atom stereocenters. The molecule has 0 spiro atoms. The Balaban J connectivity index is 2.20. The first-order chi connectivity index (χ1) is 11.6. The van der Waals surface area contributed by atoms with Gasteiger partial charge < -0.3 is 14.2 Å². The lowest BCUT2D eigenvalue weighted by atomic mass is 10.1. The summed E-state index contributed by atoms with van der Waals surface area (Å²) in [5.74, 6) is 2.09. The minimum atomic E-state index is -0.0754. The van der Waals surface area contributed by atoms with Crippen LogP contribution in [0.2, 0.25) is 0 Å². The van der Waals surface area contributed by atoms with Crippen LogP contribution >= 0.6 is 0 Å². The zero-order valence-electron chi connectivity index (χ0n) is 14.5. The number of carbonyl (C=O) groups is 1. The van der Waals surface area contributed by atoms with E-state index >= 15 is 0 Å². The van der Waals surface area contributed by atoms with E-state index in [1.807, 2.05) is 26.0 Å². The van der Waals surface area contributed by atoms with Crippen molar-refractivity contribution in [3.05, 3.63) is 59.2 Å². The zero-order valence-corrected chi connectivity index (χ0v) is 14.5. The quantitative estimate of drug-likeness (QED) is 0.562. The van der Waals surface area contributed by atoms with Crippen molar-refractivity contribution in [2.24, 2.45) is 0 Å². The van der Waals surface area contributed by atoms with Crippen LogP contribution in [-0.2, 0) is 0 Å². The summed E-state index contributed by atoms with van der Waals surface area (Å²) in [5, 5.41) is 0. The predicted molar refractivity (Wildman–Crippen MR) is 95.3 cm³/mol. The number of methoxy groups -OCH3 is 2. The third kappa shape index (κ3) is 4.16. The molecule has 0 aliphatic heterocycles. The topological polar surface area (TPSA) is 44.8 Å². The van der Waals surface area contributed by atoms with Crippen molar-refractivity contribution in [3.8, 4) is 17.2 Å². The smallest absolute Gasteiger partial charge is 0.185 e. The van der Waals surface area contributed by atoms with Gasteiger partial charge in [0, 0.05) is 17.2 Å². The van der Waals surface area contributed by atoms with E-state index < -0.39 is 0 Å². The maximum absolute atomic E-state index is 12.3. The van der Waals surface area contributed by atoms with E-state index in [4.69, 9.17) is 14.2 Å². The van der Waals surface area contributed by atoms with Gasteiger partial charge >= 0.3 is 0 Å². The zero-order chi connectivity index (χ0) is 17.5. The average molecular weight is 326 g/mol. The van der Waals surface area contributed by atoms with E-state index in [1.54, 1.807) is 50.6 Å². The molecule has 126 valence electrons. The molecule has 0 N–H and O–H groups in total. The molecule has 2 aromatic rings. The van der Waals surface area contributed by atoms with E-state index in [9.17, 15) is 4.79 Å². The van der Waals surface area contributed by atoms with Gasteiger partial charge in [0.2, 0.25) is 0 Å². The molecular formula is C20H22O4. The lowest BCUT2D eigenvalue weighted by Crippen LogP contribution is -1.96. The first-order valence-electron chi connectivity index (χ1n) is 7.77. The standard InChI is InChI=1S/C20H22O4/c1-5-24-17-9-6-15(7-10-17)18(21)11-8-16-12-14(2)19(22-3)13-20(16)23-4/h6-13H,5H2,1-4H3. The monoisotopic (exact) mass is 326 g/mol. The second kappa shape index (κ2) is 8.20. The van der Waals surface area contributed by atoms with Crippen molar-refractivity contribution in [1.82, 2.24) is 0 Å². The third-order valence-electron chi connectivity index (χ3n) is 3.61. The van der Waals surface area contributed by atoms with Crippen LogP contribution in [0.4, 0.5) is 0 Å². The second-order valence-electron chi connectivity index (χ2n) is 5.22. The second-order valence-corrected chi connectivity index (χ2v) is 5.22. The van der Waals surface area contributed by atoms with Gasteiger partial charge in [0.15, 0.2) is 5.78 Å². The van der Waals surface area contributed by atoms with Gasteiger partial charge in [0.25, 0.3) is 0 Å². The van der Waals surface area contributed by atoms with Crippen LogP contribution in [0.25, 0.3) is 6.08 Å². The van der Waals surface area contributed by atoms with Crippen molar-refractivity contribution in [3.63, 3.8) is 0 Å². The van der Waals surface area contributed by atoms with E-state index in [0.717, 1.165) is 22.6 Å². The van der Waals surface area contributed by atoms with Gasteiger partial charge in [-0.05, 0) is 61.9 Å². The minimum Gasteiger partial charge on any atom is -0.496 e. The van der Waals surface area contributed by atoms with Crippen LogP contribution in [-0.4, -0.2) is 26.6 Å². The lowest BCUT2D eigenvalue weighted by molar-refractivity contribution is 0.104. The molecule has 0 aliphatic carbocycles. The Morgan fingerprint density at radius 3 is 2.29 bits per heavy atom. The summed E-state index contributed by atoms with van der Waals surface area (Å²) in [4.78, 5) is 12.3. The molecule has 0 unspecified atom stereocenters. The van der Waals surface area contributed by atoms with Crippen molar-refractivity contribution < 1.29 is 19.0 Å². The molecule has 0 saturated heterocycles. The summed E-state index contributed by atoms with van der Waals surface area (Å²) < 4.78 is 16.0. The lowest BCUT2D eigenvalue weighted by Gasteiger charge is -2.10. The number of rotatable bonds is 7. The first kappa shape index (κ1) is 17.6. The summed E-state index contributed by atoms with van der Waals surface area (Å²) >= 11 is 0. The molecule has 4 nitrogen and oxygen atoms in total. The third-order valence-corrected chi connectivity index (χ3v) is 3.61. The Labute approximate surface area is 142 Å². The van der Waals surface area contributed by atoms with Gasteiger partial charge in [-0.1, -0.05) is 0 Å². The highest BCUT2D eigenvalue weighted by Crippen LogP contribution is 2.29. The predicted octanol–water partition coefficient (Wildman–Crippen LogP) is 4.31. The Morgan fingerprint density at radius 1 is 1.04 bits per heavy atom. The van der Waals surface area contributed by atoms with Crippen LogP contribution in [0.15, 0.2) is 42.5 Å². The van der Waals surface area contributed by atoms with Gasteiger partial charge in [0.05, 0.1) is 20.8 Å². The molecule has 0 radical (unpaired) electrons. The van der Waals surface area contributed by atoms with Crippen molar-refractivity contribution >= 4 is 11.9 Å². The Kier molecular flexibility index (Phi) is 6.01. The summed E-state index contributed by atoms with van der Waals surface area (Å²) in [6, 6.07) is 10.9. The molecule has 0 aromatic heterocycles. The number of ketones is 1. The van der Waals surface area contributed by atoms with Gasteiger partial charge in [-0.25, -0.2) is 0 Å². The number of hydrogen-bond donors (Lipinski definition) is 0. The van der Waals surface area contributed by atoms with Crippen LogP contribution in [0, 0.1) is 6.92 Å². The van der Waals surface area contributed by atoms with E-state index in [0.29, 0.717) is 17.9 Å². The van der Waals surface area contributed by atoms with Crippen LogP contribution < -0.4 is 14.2 Å². The number of carbonyl (C=O) groups excluding carboxylic acids is 1. The van der Waals surface area contributed by atoms with E-state index in [1.165, 1.54) is 0 Å². The van der Waals surface area contributed by atoms with Gasteiger partial charge in [0.1, 0.15) is 17.2 Å². The van der Waals surface area contributed by atoms with E-state index in [2.05, 4.69) is 0 Å². The average Bonchev–Trinajstić information content (AvgIpc) is 2.60. The molecular weight excluding hydrogens is 304 g/mol. The Hall–Kier alpha value is -2.75. The van der Waals surface area contributed by atoms with Crippen LogP contribution in [0.3, 0.4) is 0 Å². The summed E-state index contributed by atoms with van der Waals surface area (Å²) in [5.41, 5.74) is 2.42. The maximum atomic E-state index is 12.3. The molecule has 0 aliphatic rings. The molecule has 4 heteroatoms. The van der Waals surface area contributed by atoms with Gasteiger partial charge in [-0.15, -0.1) is 0 Å². The fraction of sp³-hybridized carbons (Fsp3) is 0.250. The highest BCUT2D eigenvalue weighted by molar-refractivity contribution is 6.07. The first-order valence-corrected chi connectivity index (χ1v) is 7.77. The molecule has 2 aromatic carbocycles. The molecule has 0 heterocycles. The van der Waals surface area contributed by atoms with Crippen LogP contribution in [0.1, 0.15) is 28.4 Å². The molecule has 0 amide bonds. The van der Waals surface area contributed by atoms with Gasteiger partial charge in [-0.2, -0.15) is 0 Å². The largest absolute Gasteiger partial charge is 0.496 e. The highest BCUT2D eigenvalue weighted by atomic mass is 16.5. The van der Waals surface area contributed by atoms with Crippen molar-refractivity contribution in [2.75, 3.05) is 20.8 Å². The summed E-state index contributed by atoms with van der Waals surface area (Å²) in [6.45, 7) is 4.47. The van der Waals surface area contributed by atoms with Gasteiger partial charge in [-0.3, -0.25) is 4.79 Å². The number of benzene rings is 2. The normalized spacial score (nSPS) is 10.7. The molecule has 2 rings (SSSR count). The summed E-state index contributed by atoms with van der Waals surface area (Å²) in [7, 11) is 3.21. The molecule has 0 saturated carbocycles. The molecule has 24 heavy (non-hydrogen) atoms. The van der Waals surface area contributed by atoms with E-state index in [-0.39, 0.29) is 5.78 Å². The van der Waals surface area contributed by atoms with Crippen molar-refractivity contribution in [1.29, 1.82) is 0 Å².